The minimum absolute atomic E-state index is 0.134. The Morgan fingerprint density at radius 3 is 2.60 bits per heavy atom. The monoisotopic (exact) mass is 215 g/mol. The summed E-state index contributed by atoms with van der Waals surface area (Å²) in [5.41, 5.74) is -0.134. The van der Waals surface area contributed by atoms with E-state index in [2.05, 4.69) is 18.7 Å². The molecule has 15 heavy (non-hydrogen) atoms. The molecule has 0 aliphatic carbocycles. The highest BCUT2D eigenvalue weighted by molar-refractivity contribution is 4.93. The molecule has 0 bridgehead atoms. The van der Waals surface area contributed by atoms with Gasteiger partial charge in [-0.2, -0.15) is 0 Å². The van der Waals surface area contributed by atoms with Gasteiger partial charge < -0.3 is 14.7 Å². The zero-order valence-electron chi connectivity index (χ0n) is 10.5. The van der Waals surface area contributed by atoms with Gasteiger partial charge in [0.15, 0.2) is 0 Å². The molecule has 1 aliphatic heterocycles. The molecule has 3 unspecified atom stereocenters. The maximum absolute atomic E-state index is 10.4. The van der Waals surface area contributed by atoms with E-state index in [0.717, 1.165) is 25.9 Å². The zero-order valence-corrected chi connectivity index (χ0v) is 10.5. The second kappa shape index (κ2) is 5.28. The third-order valence-electron chi connectivity index (χ3n) is 4.02. The Kier molecular flexibility index (Phi) is 4.56. The number of aliphatic hydroxyl groups is 1. The molecule has 1 saturated heterocycles. The third-order valence-corrected chi connectivity index (χ3v) is 4.02. The minimum Gasteiger partial charge on any atom is -0.391 e. The lowest BCUT2D eigenvalue weighted by molar-refractivity contribution is -0.0765. The Bertz CT molecular complexity index is 190. The van der Waals surface area contributed by atoms with Gasteiger partial charge in [-0.15, -0.1) is 0 Å². The van der Waals surface area contributed by atoms with Crippen LogP contribution in [0.3, 0.4) is 0 Å². The normalized spacial score (nSPS) is 28.8. The van der Waals surface area contributed by atoms with E-state index in [-0.39, 0.29) is 11.6 Å². The van der Waals surface area contributed by atoms with Crippen LogP contribution in [-0.2, 0) is 4.74 Å². The van der Waals surface area contributed by atoms with Crippen LogP contribution in [0.5, 0.6) is 0 Å². The molecule has 0 spiro atoms. The number of aliphatic hydroxyl groups excluding tert-OH is 1. The first-order valence-corrected chi connectivity index (χ1v) is 5.95. The van der Waals surface area contributed by atoms with E-state index in [9.17, 15) is 5.11 Å². The standard InChI is InChI=1S/C12H25NO2/c1-5-12(2,13(3)4)11(14)10-7-6-8-15-9-10/h10-11,14H,5-9H2,1-4H3. The van der Waals surface area contributed by atoms with Crippen LogP contribution in [0.1, 0.15) is 33.1 Å². The lowest BCUT2D eigenvalue weighted by atomic mass is 9.80. The summed E-state index contributed by atoms with van der Waals surface area (Å²) in [5, 5.41) is 10.4. The first-order valence-electron chi connectivity index (χ1n) is 5.95. The van der Waals surface area contributed by atoms with Gasteiger partial charge in [0.2, 0.25) is 0 Å². The summed E-state index contributed by atoms with van der Waals surface area (Å²) >= 11 is 0. The molecule has 0 aromatic carbocycles. The van der Waals surface area contributed by atoms with E-state index in [0.29, 0.717) is 12.5 Å². The molecule has 0 aromatic heterocycles. The van der Waals surface area contributed by atoms with Gasteiger partial charge in [0, 0.05) is 18.1 Å². The minimum atomic E-state index is -0.294. The van der Waals surface area contributed by atoms with Gasteiger partial charge in [-0.05, 0) is 40.3 Å². The maximum atomic E-state index is 10.4. The van der Waals surface area contributed by atoms with Gasteiger partial charge in [0.05, 0.1) is 12.7 Å². The third kappa shape index (κ3) is 2.71. The summed E-state index contributed by atoms with van der Waals surface area (Å²) < 4.78 is 5.44. The fraction of sp³-hybridized carbons (Fsp3) is 1.00. The van der Waals surface area contributed by atoms with Gasteiger partial charge in [-0.3, -0.25) is 0 Å². The number of nitrogens with zero attached hydrogens (tertiary/aromatic N) is 1. The van der Waals surface area contributed by atoms with Crippen molar-refractivity contribution >= 4 is 0 Å². The first kappa shape index (κ1) is 12.9. The van der Waals surface area contributed by atoms with E-state index in [1.54, 1.807) is 0 Å². The van der Waals surface area contributed by atoms with Crippen LogP contribution in [0.15, 0.2) is 0 Å². The number of hydrogen-bond donors (Lipinski definition) is 1. The van der Waals surface area contributed by atoms with Crippen molar-refractivity contribution in [3.05, 3.63) is 0 Å². The Morgan fingerprint density at radius 1 is 1.53 bits per heavy atom. The second-order valence-corrected chi connectivity index (χ2v) is 5.03. The smallest absolute Gasteiger partial charge is 0.0770 e. The molecule has 0 radical (unpaired) electrons. The van der Waals surface area contributed by atoms with Crippen molar-refractivity contribution in [3.63, 3.8) is 0 Å². The number of hydrogen-bond acceptors (Lipinski definition) is 3. The van der Waals surface area contributed by atoms with Gasteiger partial charge in [0.1, 0.15) is 0 Å². The van der Waals surface area contributed by atoms with E-state index in [1.807, 2.05) is 14.1 Å². The van der Waals surface area contributed by atoms with Crippen molar-refractivity contribution < 1.29 is 9.84 Å². The summed E-state index contributed by atoms with van der Waals surface area (Å²) in [7, 11) is 4.08. The van der Waals surface area contributed by atoms with Crippen LogP contribution in [-0.4, -0.2) is 49.0 Å². The van der Waals surface area contributed by atoms with Gasteiger partial charge >= 0.3 is 0 Å². The summed E-state index contributed by atoms with van der Waals surface area (Å²) in [5.74, 6) is 0.297. The van der Waals surface area contributed by atoms with E-state index in [4.69, 9.17) is 4.74 Å². The molecule has 90 valence electrons. The van der Waals surface area contributed by atoms with Crippen LogP contribution in [0.4, 0.5) is 0 Å². The van der Waals surface area contributed by atoms with Crippen LogP contribution in [0.2, 0.25) is 0 Å². The van der Waals surface area contributed by atoms with Crippen molar-refractivity contribution in [1.82, 2.24) is 4.90 Å². The average molecular weight is 215 g/mol. The highest BCUT2D eigenvalue weighted by Gasteiger charge is 2.39. The van der Waals surface area contributed by atoms with Crippen LogP contribution in [0, 0.1) is 5.92 Å². The topological polar surface area (TPSA) is 32.7 Å². The molecule has 1 fully saturated rings. The number of rotatable bonds is 4. The summed E-state index contributed by atoms with van der Waals surface area (Å²) in [6, 6.07) is 0. The molecule has 1 aliphatic rings. The predicted molar refractivity (Wildman–Crippen MR) is 61.9 cm³/mol. The average Bonchev–Trinajstić information content (AvgIpc) is 2.28. The highest BCUT2D eigenvalue weighted by atomic mass is 16.5. The Balaban J connectivity index is 2.66. The molecule has 0 amide bonds. The molecule has 3 nitrogen and oxygen atoms in total. The van der Waals surface area contributed by atoms with Gasteiger partial charge in [0.25, 0.3) is 0 Å². The second-order valence-electron chi connectivity index (χ2n) is 5.03. The molecule has 0 saturated carbocycles. The molecule has 1 heterocycles. The summed E-state index contributed by atoms with van der Waals surface area (Å²) in [6.45, 7) is 5.83. The number of likely N-dealkylation sites (N-methyl/N-ethyl adjacent to an activating group) is 1. The fourth-order valence-corrected chi connectivity index (χ4v) is 2.31. The van der Waals surface area contributed by atoms with Crippen molar-refractivity contribution in [2.75, 3.05) is 27.3 Å². The van der Waals surface area contributed by atoms with E-state index >= 15 is 0 Å². The molecular weight excluding hydrogens is 190 g/mol. The molecule has 1 N–H and O–H groups in total. The Labute approximate surface area is 93.4 Å². The predicted octanol–water partition coefficient (Wildman–Crippen LogP) is 1.50. The van der Waals surface area contributed by atoms with Crippen LogP contribution < -0.4 is 0 Å². The maximum Gasteiger partial charge on any atom is 0.0770 e. The largest absolute Gasteiger partial charge is 0.391 e. The zero-order chi connectivity index (χ0) is 11.5. The SMILES string of the molecule is CCC(C)(C(O)C1CCCOC1)N(C)C. The molecular formula is C12H25NO2. The number of ether oxygens (including phenoxy) is 1. The first-order chi connectivity index (χ1) is 7.02. The quantitative estimate of drug-likeness (QED) is 0.771. The molecule has 3 heteroatoms. The Morgan fingerprint density at radius 2 is 2.20 bits per heavy atom. The molecule has 3 atom stereocenters. The van der Waals surface area contributed by atoms with Crippen molar-refractivity contribution in [2.24, 2.45) is 5.92 Å². The van der Waals surface area contributed by atoms with Crippen molar-refractivity contribution in [1.29, 1.82) is 0 Å². The van der Waals surface area contributed by atoms with Gasteiger partial charge in [-0.25, -0.2) is 0 Å². The lowest BCUT2D eigenvalue weighted by Crippen LogP contribution is -2.55. The molecule has 1 rings (SSSR count). The Hall–Kier alpha value is -0.120. The van der Waals surface area contributed by atoms with Crippen molar-refractivity contribution in [3.8, 4) is 0 Å². The van der Waals surface area contributed by atoms with E-state index in [1.165, 1.54) is 0 Å². The lowest BCUT2D eigenvalue weighted by Gasteiger charge is -2.44. The highest BCUT2D eigenvalue weighted by Crippen LogP contribution is 2.30. The van der Waals surface area contributed by atoms with E-state index < -0.39 is 0 Å². The fourth-order valence-electron chi connectivity index (χ4n) is 2.31. The molecule has 0 aromatic rings. The summed E-state index contributed by atoms with van der Waals surface area (Å²) in [6.07, 6.45) is 2.83. The summed E-state index contributed by atoms with van der Waals surface area (Å²) in [4.78, 5) is 2.13. The van der Waals surface area contributed by atoms with Gasteiger partial charge in [-0.1, -0.05) is 6.92 Å². The van der Waals surface area contributed by atoms with Crippen LogP contribution >= 0.6 is 0 Å². The van der Waals surface area contributed by atoms with Crippen LogP contribution in [0.25, 0.3) is 0 Å². The van der Waals surface area contributed by atoms with Crippen molar-refractivity contribution in [2.45, 2.75) is 44.8 Å².